The molecule has 3 unspecified atom stereocenters. The maximum absolute atomic E-state index is 13.5. The monoisotopic (exact) mass is 1010 g/mol. The molecule has 10 heteroatoms. The maximum Gasteiger partial charge on any atom is 0.306 e. The first kappa shape index (κ1) is 68.2. The topological polar surface area (TPSA) is 114 Å². The summed E-state index contributed by atoms with van der Waals surface area (Å²) in [6, 6.07) is -0.884. The Labute approximate surface area is 434 Å². The van der Waals surface area contributed by atoms with Crippen LogP contribution in [0.4, 0.5) is 0 Å². The molecule has 0 saturated carbocycles. The first-order valence-electron chi connectivity index (χ1n) is 29.8. The number of phosphoric acid groups is 1. The Balaban J connectivity index is 5.27. The zero-order valence-corrected chi connectivity index (χ0v) is 47.9. The predicted molar refractivity (Wildman–Crippen MR) is 298 cm³/mol. The van der Waals surface area contributed by atoms with Crippen molar-refractivity contribution in [3.8, 4) is 0 Å². The zero-order valence-electron chi connectivity index (χ0n) is 47.0. The fraction of sp³-hybridized carbons (Fsp3) is 0.867. The molecule has 0 rings (SSSR count). The molecule has 0 fully saturated rings. The highest BCUT2D eigenvalue weighted by Gasteiger charge is 2.27. The molecule has 412 valence electrons. The highest BCUT2D eigenvalue weighted by molar-refractivity contribution is 7.45. The number of allylic oxidation sites excluding steroid dienone is 5. The van der Waals surface area contributed by atoms with Crippen LogP contribution in [0.5, 0.6) is 0 Å². The van der Waals surface area contributed by atoms with E-state index in [1.165, 1.54) is 186 Å². The second kappa shape index (κ2) is 50.7. The molecule has 9 nitrogen and oxygen atoms in total. The Morgan fingerprint density at radius 1 is 0.500 bits per heavy atom. The van der Waals surface area contributed by atoms with E-state index in [1.54, 1.807) is 0 Å². The number of quaternary nitrogens is 1. The maximum atomic E-state index is 13.5. The van der Waals surface area contributed by atoms with E-state index >= 15 is 0 Å². The van der Waals surface area contributed by atoms with Crippen LogP contribution < -0.4 is 10.2 Å². The van der Waals surface area contributed by atoms with Crippen LogP contribution in [0, 0.1) is 0 Å². The van der Waals surface area contributed by atoms with Crippen molar-refractivity contribution in [2.24, 2.45) is 0 Å². The number of esters is 1. The molecule has 0 saturated heterocycles. The lowest BCUT2D eigenvalue weighted by Crippen LogP contribution is -2.47. The normalized spacial score (nSPS) is 14.0. The van der Waals surface area contributed by atoms with Gasteiger partial charge in [0.05, 0.1) is 33.8 Å². The van der Waals surface area contributed by atoms with E-state index < -0.39 is 20.0 Å². The Bertz CT molecular complexity index is 1300. The van der Waals surface area contributed by atoms with Crippen molar-refractivity contribution in [3.05, 3.63) is 36.5 Å². The minimum atomic E-state index is -4.69. The summed E-state index contributed by atoms with van der Waals surface area (Å²) in [6.45, 7) is 6.83. The van der Waals surface area contributed by atoms with Crippen molar-refractivity contribution in [2.75, 3.05) is 40.9 Å². The molecule has 0 aliphatic rings. The number of nitrogens with zero attached hydrogens (tertiary/aromatic N) is 1. The molecule has 0 aromatic carbocycles. The van der Waals surface area contributed by atoms with E-state index in [4.69, 9.17) is 13.8 Å². The molecule has 1 amide bonds. The smallest absolute Gasteiger partial charge is 0.306 e. The molecule has 0 heterocycles. The van der Waals surface area contributed by atoms with Crippen molar-refractivity contribution in [2.45, 2.75) is 296 Å². The van der Waals surface area contributed by atoms with Gasteiger partial charge in [0.2, 0.25) is 5.91 Å². The van der Waals surface area contributed by atoms with Gasteiger partial charge in [-0.25, -0.2) is 0 Å². The predicted octanol–water partition coefficient (Wildman–Crippen LogP) is 17.3. The number of hydrogen-bond donors (Lipinski definition) is 1. The van der Waals surface area contributed by atoms with Gasteiger partial charge in [-0.15, -0.1) is 0 Å². The van der Waals surface area contributed by atoms with Gasteiger partial charge in [-0.2, -0.15) is 0 Å². The summed E-state index contributed by atoms with van der Waals surface area (Å²) >= 11 is 0. The minimum absolute atomic E-state index is 0.0207. The standard InChI is InChI=1S/C60H115N2O7P/c1-7-10-13-16-19-22-25-28-29-30-31-32-33-35-38-41-44-47-50-53-60(64)69-58(51-48-45-42-39-36-27-24-21-18-15-12-9-3)57(56-68-70(65,66)67-55-54-62(4,5)6)61-59(63)52-49-46-43-40-37-34-26-23-20-17-14-11-8-2/h19,22,28-29,48,51,57-58H,7-18,20-21,23-27,30-47,49-50,52-56H2,1-6H3,(H-,61,63,65,66)/b22-19-,29-28-,51-48+. The first-order valence-corrected chi connectivity index (χ1v) is 31.3. The summed E-state index contributed by atoms with van der Waals surface area (Å²) in [5.41, 5.74) is 0. The molecule has 3 atom stereocenters. The Morgan fingerprint density at radius 3 is 1.31 bits per heavy atom. The summed E-state index contributed by atoms with van der Waals surface area (Å²) in [5.74, 6) is -0.535. The van der Waals surface area contributed by atoms with Crippen LogP contribution in [0.3, 0.4) is 0 Å². The zero-order chi connectivity index (χ0) is 51.5. The van der Waals surface area contributed by atoms with E-state index in [0.717, 1.165) is 64.2 Å². The van der Waals surface area contributed by atoms with Crippen LogP contribution in [0.1, 0.15) is 284 Å². The first-order chi connectivity index (χ1) is 33.9. The van der Waals surface area contributed by atoms with Crippen LogP contribution in [-0.2, 0) is 27.9 Å². The van der Waals surface area contributed by atoms with E-state index in [2.05, 4.69) is 50.4 Å². The Morgan fingerprint density at radius 2 is 0.871 bits per heavy atom. The molecule has 0 aliphatic carbocycles. The van der Waals surface area contributed by atoms with Crippen molar-refractivity contribution in [1.82, 2.24) is 5.32 Å². The van der Waals surface area contributed by atoms with E-state index in [0.29, 0.717) is 17.4 Å². The average Bonchev–Trinajstić information content (AvgIpc) is 3.32. The number of hydrogen-bond acceptors (Lipinski definition) is 7. The quantitative estimate of drug-likeness (QED) is 0.0212. The highest BCUT2D eigenvalue weighted by atomic mass is 31.2. The molecule has 0 radical (unpaired) electrons. The molecular weight excluding hydrogens is 892 g/mol. The third-order valence-electron chi connectivity index (χ3n) is 13.3. The number of nitrogens with one attached hydrogen (secondary N) is 1. The fourth-order valence-electron chi connectivity index (χ4n) is 8.67. The molecule has 70 heavy (non-hydrogen) atoms. The average molecular weight is 1010 g/mol. The van der Waals surface area contributed by atoms with Gasteiger partial charge >= 0.3 is 5.97 Å². The number of likely N-dealkylation sites (N-methyl/N-ethyl adjacent to an activating group) is 1. The third kappa shape index (κ3) is 51.1. The largest absolute Gasteiger partial charge is 0.756 e. The fourth-order valence-corrected chi connectivity index (χ4v) is 9.39. The Kier molecular flexibility index (Phi) is 49.5. The lowest BCUT2D eigenvalue weighted by molar-refractivity contribution is -0.870. The highest BCUT2D eigenvalue weighted by Crippen LogP contribution is 2.38. The van der Waals surface area contributed by atoms with Gasteiger partial charge in [-0.3, -0.25) is 14.2 Å². The van der Waals surface area contributed by atoms with Crippen LogP contribution in [0.2, 0.25) is 0 Å². The lowest BCUT2D eigenvalue weighted by atomic mass is 10.0. The van der Waals surface area contributed by atoms with E-state index in [9.17, 15) is 19.0 Å². The molecule has 0 aromatic rings. The van der Waals surface area contributed by atoms with Crippen LogP contribution in [-0.4, -0.2) is 69.4 Å². The SMILES string of the molecule is CCCCC/C=C\C/C=C\CCCCCCCCCCCC(=O)OC(/C=C/CCCCCCCCCCCC)C(COP(=O)([O-])OCC[N+](C)(C)C)NC(=O)CCCCCCCCCCCCCCC. The van der Waals surface area contributed by atoms with Gasteiger partial charge in [0.25, 0.3) is 7.82 Å². The van der Waals surface area contributed by atoms with Crippen LogP contribution in [0.15, 0.2) is 36.5 Å². The summed E-state index contributed by atoms with van der Waals surface area (Å²) in [5, 5.41) is 3.02. The van der Waals surface area contributed by atoms with Gasteiger partial charge in [0.15, 0.2) is 0 Å². The van der Waals surface area contributed by atoms with Crippen molar-refractivity contribution in [3.63, 3.8) is 0 Å². The molecule has 0 aliphatic heterocycles. The Hall–Kier alpha value is -1.77. The molecule has 0 bridgehead atoms. The van der Waals surface area contributed by atoms with Crippen LogP contribution >= 0.6 is 7.82 Å². The van der Waals surface area contributed by atoms with Gasteiger partial charge < -0.3 is 28.5 Å². The van der Waals surface area contributed by atoms with Crippen molar-refractivity contribution < 1.29 is 37.3 Å². The van der Waals surface area contributed by atoms with Gasteiger partial charge in [0, 0.05) is 12.8 Å². The van der Waals surface area contributed by atoms with Crippen LogP contribution in [0.25, 0.3) is 0 Å². The van der Waals surface area contributed by atoms with E-state index in [-0.39, 0.29) is 31.5 Å². The van der Waals surface area contributed by atoms with Gasteiger partial charge in [0.1, 0.15) is 19.3 Å². The molecule has 0 aromatic heterocycles. The number of amides is 1. The minimum Gasteiger partial charge on any atom is -0.756 e. The van der Waals surface area contributed by atoms with Crippen molar-refractivity contribution >= 4 is 19.7 Å². The van der Waals surface area contributed by atoms with Gasteiger partial charge in [-0.05, 0) is 63.9 Å². The molecule has 1 N–H and O–H groups in total. The number of ether oxygens (including phenoxy) is 1. The number of carbonyl (C=O) groups excluding carboxylic acids is 2. The number of unbranched alkanes of at least 4 members (excludes halogenated alkanes) is 34. The summed E-state index contributed by atoms with van der Waals surface area (Å²) < 4.78 is 30.3. The lowest BCUT2D eigenvalue weighted by Gasteiger charge is -2.30. The second-order valence-corrected chi connectivity index (χ2v) is 22.9. The number of rotatable bonds is 54. The third-order valence-corrected chi connectivity index (χ3v) is 14.3. The molecular formula is C60H115N2O7P. The molecule has 0 spiro atoms. The van der Waals surface area contributed by atoms with E-state index in [1.807, 2.05) is 33.3 Å². The summed E-state index contributed by atoms with van der Waals surface area (Å²) in [7, 11) is 1.19. The van der Waals surface area contributed by atoms with Crippen molar-refractivity contribution in [1.29, 1.82) is 0 Å². The second-order valence-electron chi connectivity index (χ2n) is 21.5. The summed E-state index contributed by atoms with van der Waals surface area (Å²) in [6.07, 6.45) is 59.6. The number of phosphoric ester groups is 1. The summed E-state index contributed by atoms with van der Waals surface area (Å²) in [4.78, 5) is 39.9. The number of carbonyl (C=O) groups is 2. The van der Waals surface area contributed by atoms with Gasteiger partial charge in [-0.1, -0.05) is 244 Å².